The molecule has 2 amide bonds. The molecular formula is C20H25N3O2. The van der Waals surface area contributed by atoms with Crippen LogP contribution in [0.15, 0.2) is 48.5 Å². The fourth-order valence-electron chi connectivity index (χ4n) is 3.26. The molecule has 0 aromatic heterocycles. The van der Waals surface area contributed by atoms with E-state index in [4.69, 9.17) is 10.5 Å². The molecule has 1 saturated heterocycles. The Bertz CT molecular complexity index is 715. The smallest absolute Gasteiger partial charge is 0.322 e. The van der Waals surface area contributed by atoms with Gasteiger partial charge in [0, 0.05) is 24.8 Å². The number of anilines is 1. The van der Waals surface area contributed by atoms with Crippen molar-refractivity contribution in [2.45, 2.75) is 25.3 Å². The molecule has 1 heterocycles. The number of nitrogens with one attached hydrogen (secondary N) is 1. The number of hydrogen-bond acceptors (Lipinski definition) is 3. The minimum absolute atomic E-state index is 0.0655. The van der Waals surface area contributed by atoms with Gasteiger partial charge in [-0.1, -0.05) is 24.3 Å². The second kappa shape index (κ2) is 8.03. The maximum absolute atomic E-state index is 12.5. The van der Waals surface area contributed by atoms with E-state index in [0.717, 1.165) is 48.4 Å². The third kappa shape index (κ3) is 4.12. The molecule has 5 heteroatoms. The van der Waals surface area contributed by atoms with Gasteiger partial charge in [-0.25, -0.2) is 4.79 Å². The summed E-state index contributed by atoms with van der Waals surface area (Å²) in [4.78, 5) is 14.4. The zero-order valence-electron chi connectivity index (χ0n) is 14.6. The first-order valence-electron chi connectivity index (χ1n) is 8.73. The highest BCUT2D eigenvalue weighted by Crippen LogP contribution is 2.25. The number of amides is 2. The molecule has 0 radical (unpaired) electrons. The van der Waals surface area contributed by atoms with Gasteiger partial charge in [-0.3, -0.25) is 0 Å². The fourth-order valence-corrected chi connectivity index (χ4v) is 3.26. The third-order valence-corrected chi connectivity index (χ3v) is 4.70. The average molecular weight is 339 g/mol. The topological polar surface area (TPSA) is 67.6 Å². The molecule has 2 aromatic rings. The van der Waals surface area contributed by atoms with Crippen LogP contribution in [0.3, 0.4) is 0 Å². The number of hydrogen-bond donors (Lipinski definition) is 2. The molecule has 3 rings (SSSR count). The van der Waals surface area contributed by atoms with Crippen LogP contribution in [-0.4, -0.2) is 37.2 Å². The number of nitrogens with two attached hydrogens (primary N) is 1. The van der Waals surface area contributed by atoms with E-state index in [1.807, 2.05) is 53.4 Å². The van der Waals surface area contributed by atoms with Crippen molar-refractivity contribution in [2.24, 2.45) is 5.73 Å². The Morgan fingerprint density at radius 2 is 2.00 bits per heavy atom. The van der Waals surface area contributed by atoms with Gasteiger partial charge in [0.2, 0.25) is 0 Å². The Balaban J connectivity index is 1.68. The average Bonchev–Trinajstić information content (AvgIpc) is 2.68. The van der Waals surface area contributed by atoms with Crippen molar-refractivity contribution in [2.75, 3.05) is 25.5 Å². The molecular weight excluding hydrogens is 314 g/mol. The van der Waals surface area contributed by atoms with Gasteiger partial charge < -0.3 is 20.7 Å². The monoisotopic (exact) mass is 339 g/mol. The number of benzene rings is 2. The van der Waals surface area contributed by atoms with Crippen LogP contribution in [0.4, 0.5) is 10.5 Å². The van der Waals surface area contributed by atoms with Crippen molar-refractivity contribution < 1.29 is 9.53 Å². The third-order valence-electron chi connectivity index (χ3n) is 4.70. The number of piperidine rings is 1. The Hall–Kier alpha value is -2.53. The Morgan fingerprint density at radius 1 is 1.20 bits per heavy atom. The molecule has 2 aromatic carbocycles. The molecule has 1 unspecified atom stereocenters. The van der Waals surface area contributed by atoms with Crippen molar-refractivity contribution in [1.29, 1.82) is 0 Å². The van der Waals surface area contributed by atoms with E-state index in [2.05, 4.69) is 5.32 Å². The van der Waals surface area contributed by atoms with Gasteiger partial charge in [0.05, 0.1) is 7.11 Å². The van der Waals surface area contributed by atoms with Gasteiger partial charge in [0.1, 0.15) is 5.75 Å². The first kappa shape index (κ1) is 17.3. The minimum atomic E-state index is -0.0655. The molecule has 0 bridgehead atoms. The van der Waals surface area contributed by atoms with Crippen molar-refractivity contribution in [3.05, 3.63) is 48.5 Å². The summed E-state index contributed by atoms with van der Waals surface area (Å²) in [6.45, 7) is 1.29. The number of carbonyl (C=O) groups is 1. The normalized spacial score (nSPS) is 17.2. The van der Waals surface area contributed by atoms with Crippen LogP contribution in [0.5, 0.6) is 5.75 Å². The van der Waals surface area contributed by atoms with E-state index >= 15 is 0 Å². The van der Waals surface area contributed by atoms with Crippen LogP contribution in [0.2, 0.25) is 0 Å². The SMILES string of the molecule is COc1cccc(-c2ccc(NC(=O)N3CCCCC3CN)cc2)c1. The highest BCUT2D eigenvalue weighted by atomic mass is 16.5. The second-order valence-corrected chi connectivity index (χ2v) is 6.32. The summed E-state index contributed by atoms with van der Waals surface area (Å²) >= 11 is 0. The number of carbonyl (C=O) groups excluding carboxylic acids is 1. The summed E-state index contributed by atoms with van der Waals surface area (Å²) < 4.78 is 5.27. The molecule has 132 valence electrons. The first-order valence-corrected chi connectivity index (χ1v) is 8.73. The molecule has 1 aliphatic rings. The Kier molecular flexibility index (Phi) is 5.56. The lowest BCUT2D eigenvalue weighted by Crippen LogP contribution is -2.49. The highest BCUT2D eigenvalue weighted by molar-refractivity contribution is 5.90. The number of rotatable bonds is 4. The van der Waals surface area contributed by atoms with Crippen LogP contribution in [-0.2, 0) is 0 Å². The zero-order chi connectivity index (χ0) is 17.6. The molecule has 1 aliphatic heterocycles. The number of methoxy groups -OCH3 is 1. The fraction of sp³-hybridized carbons (Fsp3) is 0.350. The van der Waals surface area contributed by atoms with E-state index in [1.54, 1.807) is 7.11 Å². The van der Waals surface area contributed by atoms with Crippen LogP contribution in [0.1, 0.15) is 19.3 Å². The van der Waals surface area contributed by atoms with Crippen LogP contribution < -0.4 is 15.8 Å². The quantitative estimate of drug-likeness (QED) is 0.892. The summed E-state index contributed by atoms with van der Waals surface area (Å²) in [5.74, 6) is 0.827. The van der Waals surface area contributed by atoms with Crippen molar-refractivity contribution in [3.63, 3.8) is 0 Å². The van der Waals surface area contributed by atoms with Gasteiger partial charge in [0.15, 0.2) is 0 Å². The van der Waals surface area contributed by atoms with Gasteiger partial charge >= 0.3 is 6.03 Å². The molecule has 25 heavy (non-hydrogen) atoms. The van der Waals surface area contributed by atoms with E-state index in [9.17, 15) is 4.79 Å². The van der Waals surface area contributed by atoms with Gasteiger partial charge in [0.25, 0.3) is 0 Å². The largest absolute Gasteiger partial charge is 0.497 e. The number of nitrogens with zero attached hydrogens (tertiary/aromatic N) is 1. The Morgan fingerprint density at radius 3 is 2.72 bits per heavy atom. The Labute approximate surface area is 148 Å². The van der Waals surface area contributed by atoms with E-state index in [1.165, 1.54) is 0 Å². The van der Waals surface area contributed by atoms with E-state index < -0.39 is 0 Å². The summed E-state index contributed by atoms with van der Waals surface area (Å²) in [5.41, 5.74) is 8.75. The van der Waals surface area contributed by atoms with E-state index in [0.29, 0.717) is 6.54 Å². The molecule has 5 nitrogen and oxygen atoms in total. The lowest BCUT2D eigenvalue weighted by atomic mass is 10.0. The second-order valence-electron chi connectivity index (χ2n) is 6.32. The lowest BCUT2D eigenvalue weighted by molar-refractivity contribution is 0.166. The number of likely N-dealkylation sites (tertiary alicyclic amines) is 1. The predicted molar refractivity (Wildman–Crippen MR) is 101 cm³/mol. The van der Waals surface area contributed by atoms with E-state index in [-0.39, 0.29) is 12.1 Å². The molecule has 3 N–H and O–H groups in total. The summed E-state index contributed by atoms with van der Waals surface area (Å²) in [5, 5.41) is 2.98. The van der Waals surface area contributed by atoms with Crippen LogP contribution in [0, 0.1) is 0 Å². The minimum Gasteiger partial charge on any atom is -0.497 e. The van der Waals surface area contributed by atoms with Crippen LogP contribution in [0.25, 0.3) is 11.1 Å². The van der Waals surface area contributed by atoms with Gasteiger partial charge in [-0.15, -0.1) is 0 Å². The van der Waals surface area contributed by atoms with Crippen molar-refractivity contribution in [1.82, 2.24) is 4.90 Å². The number of ether oxygens (including phenoxy) is 1. The standard InChI is InChI=1S/C20H25N3O2/c1-25-19-7-4-5-16(13-19)15-8-10-17(11-9-15)22-20(24)23-12-3-2-6-18(23)14-21/h4-5,7-11,13,18H,2-3,6,12,14,21H2,1H3,(H,22,24). The zero-order valence-corrected chi connectivity index (χ0v) is 14.6. The maximum Gasteiger partial charge on any atom is 0.322 e. The lowest BCUT2D eigenvalue weighted by Gasteiger charge is -2.34. The van der Waals surface area contributed by atoms with Crippen molar-refractivity contribution in [3.8, 4) is 16.9 Å². The van der Waals surface area contributed by atoms with Gasteiger partial charge in [-0.05, 0) is 54.7 Å². The maximum atomic E-state index is 12.5. The summed E-state index contributed by atoms with van der Waals surface area (Å²) in [7, 11) is 1.66. The van der Waals surface area contributed by atoms with Crippen molar-refractivity contribution >= 4 is 11.7 Å². The molecule has 0 spiro atoms. The number of urea groups is 1. The first-order chi connectivity index (χ1) is 12.2. The highest BCUT2D eigenvalue weighted by Gasteiger charge is 2.25. The predicted octanol–water partition coefficient (Wildman–Crippen LogP) is 3.71. The summed E-state index contributed by atoms with van der Waals surface area (Å²) in [6.07, 6.45) is 3.16. The molecule has 0 saturated carbocycles. The summed E-state index contributed by atoms with van der Waals surface area (Å²) in [6, 6.07) is 15.8. The molecule has 1 atom stereocenters. The molecule has 1 fully saturated rings. The van der Waals surface area contributed by atoms with Crippen LogP contribution >= 0.6 is 0 Å². The van der Waals surface area contributed by atoms with Gasteiger partial charge in [-0.2, -0.15) is 0 Å². The molecule has 0 aliphatic carbocycles.